The molecule has 8 heteroatoms. The minimum Gasteiger partial charge on any atom is -0.481 e. The van der Waals surface area contributed by atoms with Crippen molar-refractivity contribution in [2.75, 3.05) is 18.0 Å². The summed E-state index contributed by atoms with van der Waals surface area (Å²) in [5.41, 5.74) is 1.82. The van der Waals surface area contributed by atoms with Crippen LogP contribution in [0.5, 0.6) is 0 Å². The molecule has 0 radical (unpaired) electrons. The largest absolute Gasteiger partial charge is 0.481 e. The molecule has 0 unspecified atom stereocenters. The average molecular weight is 421 g/mol. The summed E-state index contributed by atoms with van der Waals surface area (Å²) in [6.07, 6.45) is 2.46. The van der Waals surface area contributed by atoms with Crippen LogP contribution in [0.15, 0.2) is 64.5 Å². The number of carboxylic acids is 1. The molecule has 2 heterocycles. The Bertz CT molecular complexity index is 1270. The van der Waals surface area contributed by atoms with Gasteiger partial charge in [-0.05, 0) is 43.2 Å². The van der Waals surface area contributed by atoms with Gasteiger partial charge in [0.25, 0.3) is 0 Å². The molecule has 1 N–H and O–H groups in total. The Hall–Kier alpha value is -3.44. The molecule has 1 aromatic heterocycles. The summed E-state index contributed by atoms with van der Waals surface area (Å²) >= 11 is 0. The fourth-order valence-corrected chi connectivity index (χ4v) is 5.05. The first kappa shape index (κ1) is 19.9. The van der Waals surface area contributed by atoms with Gasteiger partial charge in [-0.1, -0.05) is 18.2 Å². The molecule has 1 aliphatic rings. The van der Waals surface area contributed by atoms with Crippen LogP contribution in [0.2, 0.25) is 0 Å². The molecule has 0 amide bonds. The van der Waals surface area contributed by atoms with Crippen LogP contribution in [0.4, 0.5) is 5.69 Å². The van der Waals surface area contributed by atoms with Crippen LogP contribution in [-0.4, -0.2) is 37.6 Å². The van der Waals surface area contributed by atoms with Gasteiger partial charge in [-0.3, -0.25) is 9.78 Å². The van der Waals surface area contributed by atoms with Crippen molar-refractivity contribution in [1.82, 2.24) is 4.98 Å². The molecule has 3 aromatic rings. The van der Waals surface area contributed by atoms with Crippen molar-refractivity contribution in [1.29, 1.82) is 5.26 Å². The first-order chi connectivity index (χ1) is 14.4. The zero-order valence-corrected chi connectivity index (χ0v) is 16.8. The summed E-state index contributed by atoms with van der Waals surface area (Å²) in [6, 6.07) is 15.0. The van der Waals surface area contributed by atoms with Crippen LogP contribution in [-0.2, 0) is 14.6 Å². The van der Waals surface area contributed by atoms with Crippen LogP contribution in [0.3, 0.4) is 0 Å². The fraction of sp³-hybridized carbons (Fsp3) is 0.227. The zero-order valence-electron chi connectivity index (χ0n) is 16.0. The average Bonchev–Trinajstić information content (AvgIpc) is 2.78. The predicted molar refractivity (Wildman–Crippen MR) is 111 cm³/mol. The highest BCUT2D eigenvalue weighted by molar-refractivity contribution is 7.91. The molecule has 2 aromatic carbocycles. The number of carbonyl (C=O) groups is 1. The van der Waals surface area contributed by atoms with Gasteiger partial charge < -0.3 is 10.0 Å². The van der Waals surface area contributed by atoms with E-state index < -0.39 is 15.8 Å². The van der Waals surface area contributed by atoms with Gasteiger partial charge in [0, 0.05) is 24.7 Å². The van der Waals surface area contributed by atoms with Crippen molar-refractivity contribution >= 4 is 32.4 Å². The molecule has 0 atom stereocenters. The number of nitriles is 1. The number of aromatic nitrogens is 1. The lowest BCUT2D eigenvalue weighted by atomic mass is 9.96. The topological polar surface area (TPSA) is 111 Å². The van der Waals surface area contributed by atoms with Crippen LogP contribution < -0.4 is 4.90 Å². The third-order valence-corrected chi connectivity index (χ3v) is 7.15. The van der Waals surface area contributed by atoms with Gasteiger partial charge in [-0.15, -0.1) is 0 Å². The maximum Gasteiger partial charge on any atom is 0.306 e. The number of benzene rings is 2. The lowest BCUT2D eigenvalue weighted by molar-refractivity contribution is -0.142. The number of hydrogen-bond donors (Lipinski definition) is 1. The molecule has 7 nitrogen and oxygen atoms in total. The summed E-state index contributed by atoms with van der Waals surface area (Å²) < 4.78 is 26.0. The minimum atomic E-state index is -3.81. The van der Waals surface area contributed by atoms with Gasteiger partial charge in [0.1, 0.15) is 0 Å². The third kappa shape index (κ3) is 3.60. The monoisotopic (exact) mass is 421 g/mol. The van der Waals surface area contributed by atoms with Crippen molar-refractivity contribution in [3.05, 3.63) is 60.3 Å². The maximum absolute atomic E-state index is 13.0. The third-order valence-electron chi connectivity index (χ3n) is 5.43. The summed E-state index contributed by atoms with van der Waals surface area (Å²) in [6.45, 7) is 1.22. The zero-order chi connectivity index (χ0) is 21.3. The van der Waals surface area contributed by atoms with E-state index in [1.807, 2.05) is 18.2 Å². The van der Waals surface area contributed by atoms with E-state index in [9.17, 15) is 18.3 Å². The van der Waals surface area contributed by atoms with Crippen LogP contribution in [0.1, 0.15) is 18.4 Å². The Kier molecular flexibility index (Phi) is 5.14. The molecule has 152 valence electrons. The van der Waals surface area contributed by atoms with Crippen molar-refractivity contribution in [3.8, 4) is 6.07 Å². The Balaban J connectivity index is 1.69. The first-order valence-corrected chi connectivity index (χ1v) is 11.0. The molecule has 0 aliphatic carbocycles. The Morgan fingerprint density at radius 1 is 1.10 bits per heavy atom. The summed E-state index contributed by atoms with van der Waals surface area (Å²) in [5.74, 6) is -1.09. The van der Waals surface area contributed by atoms with E-state index in [-0.39, 0.29) is 21.3 Å². The summed E-state index contributed by atoms with van der Waals surface area (Å²) in [4.78, 5) is 17.8. The molecule has 1 fully saturated rings. The van der Waals surface area contributed by atoms with Gasteiger partial charge >= 0.3 is 5.97 Å². The summed E-state index contributed by atoms with van der Waals surface area (Å²) in [7, 11) is -3.81. The lowest BCUT2D eigenvalue weighted by Gasteiger charge is -2.32. The molecule has 1 aliphatic heterocycles. The van der Waals surface area contributed by atoms with Crippen molar-refractivity contribution < 1.29 is 18.3 Å². The van der Waals surface area contributed by atoms with E-state index in [2.05, 4.69) is 9.88 Å². The van der Waals surface area contributed by atoms with Crippen LogP contribution in [0, 0.1) is 17.2 Å². The minimum absolute atomic E-state index is 0.0506. The van der Waals surface area contributed by atoms with Gasteiger partial charge in [0.15, 0.2) is 0 Å². The van der Waals surface area contributed by atoms with Gasteiger partial charge in [0.05, 0.1) is 38.5 Å². The predicted octanol–water partition coefficient (Wildman–Crippen LogP) is 3.24. The second-order valence-corrected chi connectivity index (χ2v) is 9.21. The number of carboxylic acid groups (broad SMARTS) is 1. The van der Waals surface area contributed by atoms with Crippen LogP contribution >= 0.6 is 0 Å². The van der Waals surface area contributed by atoms with Crippen molar-refractivity contribution in [2.45, 2.75) is 22.6 Å². The smallest absolute Gasteiger partial charge is 0.306 e. The number of para-hydroxylation sites is 1. The Morgan fingerprint density at radius 3 is 2.53 bits per heavy atom. The Morgan fingerprint density at radius 2 is 1.83 bits per heavy atom. The molecule has 0 bridgehead atoms. The van der Waals surface area contributed by atoms with E-state index in [4.69, 9.17) is 5.26 Å². The SMILES string of the molecule is N#Cc1cccc(S(=O)(=O)c2cnc3c(N4CCC(C(=O)O)CC4)cccc3c2)c1. The van der Waals surface area contributed by atoms with Crippen molar-refractivity contribution in [3.63, 3.8) is 0 Å². The van der Waals surface area contributed by atoms with Gasteiger partial charge in [-0.25, -0.2) is 8.42 Å². The maximum atomic E-state index is 13.0. The van der Waals surface area contributed by atoms with E-state index >= 15 is 0 Å². The highest BCUT2D eigenvalue weighted by Gasteiger charge is 2.26. The van der Waals surface area contributed by atoms with Crippen LogP contribution in [0.25, 0.3) is 10.9 Å². The molecule has 4 rings (SSSR count). The number of pyridine rings is 1. The molecule has 1 saturated heterocycles. The Labute approximate surface area is 174 Å². The second kappa shape index (κ2) is 7.76. The normalized spacial score (nSPS) is 15.1. The standard InChI is InChI=1S/C22H19N3O4S/c23-13-15-3-1-5-18(11-15)30(28,29)19-12-17-4-2-6-20(21(17)24-14-19)25-9-7-16(8-10-25)22(26)27/h1-6,11-12,14,16H,7-10H2,(H,26,27). The number of sulfone groups is 1. The van der Waals surface area contributed by atoms with E-state index in [0.29, 0.717) is 36.8 Å². The van der Waals surface area contributed by atoms with Gasteiger partial charge in [0.2, 0.25) is 9.84 Å². The number of hydrogen-bond acceptors (Lipinski definition) is 6. The number of aliphatic carboxylic acids is 1. The highest BCUT2D eigenvalue weighted by Crippen LogP contribution is 2.31. The second-order valence-electron chi connectivity index (χ2n) is 7.26. The van der Waals surface area contributed by atoms with E-state index in [0.717, 1.165) is 5.69 Å². The number of piperidine rings is 1. The number of rotatable bonds is 4. The number of nitrogens with zero attached hydrogens (tertiary/aromatic N) is 3. The first-order valence-electron chi connectivity index (χ1n) is 9.52. The summed E-state index contributed by atoms with van der Waals surface area (Å²) in [5, 5.41) is 18.9. The van der Waals surface area contributed by atoms with E-state index in [1.54, 1.807) is 24.3 Å². The molecule has 30 heavy (non-hydrogen) atoms. The lowest BCUT2D eigenvalue weighted by Crippen LogP contribution is -2.36. The fourth-order valence-electron chi connectivity index (χ4n) is 3.76. The quantitative estimate of drug-likeness (QED) is 0.688. The van der Waals surface area contributed by atoms with E-state index in [1.165, 1.54) is 18.3 Å². The molecule has 0 saturated carbocycles. The van der Waals surface area contributed by atoms with Crippen molar-refractivity contribution in [2.24, 2.45) is 5.92 Å². The molecule has 0 spiro atoms. The highest BCUT2D eigenvalue weighted by atomic mass is 32.2. The number of fused-ring (bicyclic) bond motifs is 1. The molecular weight excluding hydrogens is 402 g/mol. The molecular formula is C22H19N3O4S. The number of anilines is 1. The van der Waals surface area contributed by atoms with Gasteiger partial charge in [-0.2, -0.15) is 5.26 Å².